The lowest BCUT2D eigenvalue weighted by Crippen LogP contribution is -2.12. The second-order valence-corrected chi connectivity index (χ2v) is 6.47. The summed E-state index contributed by atoms with van der Waals surface area (Å²) >= 11 is 0. The first-order chi connectivity index (χ1) is 13.5. The standard InChI is InChI=1S/C21H24N6O/c1-4-23-18-10-7-16-11-20(25-19(16)12-18)21(28)24-17-8-5-15(6-9-17)13(2)26-27-14(3)22/h5-12,23,25H,4H2,1-3H3,(H2,22,27)(H,24,28)/b26-13+. The number of hydrogen-bond acceptors (Lipinski definition) is 4. The quantitative estimate of drug-likeness (QED) is 0.297. The molecule has 5 N–H and O–H groups in total. The van der Waals surface area contributed by atoms with Gasteiger partial charge in [0.15, 0.2) is 0 Å². The predicted molar refractivity (Wildman–Crippen MR) is 116 cm³/mol. The normalized spacial score (nSPS) is 12.2. The van der Waals surface area contributed by atoms with E-state index >= 15 is 0 Å². The number of aromatic nitrogens is 1. The Morgan fingerprint density at radius 2 is 1.75 bits per heavy atom. The average Bonchev–Trinajstić information content (AvgIpc) is 3.10. The van der Waals surface area contributed by atoms with Crippen molar-refractivity contribution in [3.8, 4) is 0 Å². The van der Waals surface area contributed by atoms with Crippen LogP contribution in [0.5, 0.6) is 0 Å². The third-order valence-corrected chi connectivity index (χ3v) is 4.17. The molecule has 7 heteroatoms. The zero-order chi connectivity index (χ0) is 20.1. The van der Waals surface area contributed by atoms with Crippen LogP contribution in [0.25, 0.3) is 10.9 Å². The maximum Gasteiger partial charge on any atom is 0.272 e. The van der Waals surface area contributed by atoms with Crippen LogP contribution in [0.15, 0.2) is 58.7 Å². The highest BCUT2D eigenvalue weighted by atomic mass is 16.1. The van der Waals surface area contributed by atoms with E-state index in [0.717, 1.165) is 34.4 Å². The first-order valence-electron chi connectivity index (χ1n) is 9.09. The number of nitrogens with zero attached hydrogens (tertiary/aromatic N) is 2. The van der Waals surface area contributed by atoms with Gasteiger partial charge in [-0.1, -0.05) is 18.2 Å². The largest absolute Gasteiger partial charge is 0.386 e. The van der Waals surface area contributed by atoms with E-state index in [4.69, 9.17) is 5.73 Å². The number of carbonyl (C=O) groups is 1. The molecule has 3 aromatic rings. The van der Waals surface area contributed by atoms with Crippen LogP contribution in [0, 0.1) is 0 Å². The van der Waals surface area contributed by atoms with E-state index in [1.54, 1.807) is 6.92 Å². The molecule has 0 aliphatic heterocycles. The molecule has 7 nitrogen and oxygen atoms in total. The number of carbonyl (C=O) groups excluding carboxylic acids is 1. The minimum atomic E-state index is -0.192. The summed E-state index contributed by atoms with van der Waals surface area (Å²) in [6.45, 7) is 6.42. The summed E-state index contributed by atoms with van der Waals surface area (Å²) < 4.78 is 0. The van der Waals surface area contributed by atoms with E-state index in [1.807, 2.05) is 62.4 Å². The molecule has 0 aliphatic carbocycles. The van der Waals surface area contributed by atoms with Crippen molar-refractivity contribution in [2.24, 2.45) is 15.9 Å². The van der Waals surface area contributed by atoms with Crippen LogP contribution in [-0.4, -0.2) is 29.0 Å². The monoisotopic (exact) mass is 376 g/mol. The number of aromatic amines is 1. The van der Waals surface area contributed by atoms with Gasteiger partial charge in [-0.25, -0.2) is 0 Å². The Balaban J connectivity index is 1.73. The van der Waals surface area contributed by atoms with E-state index in [0.29, 0.717) is 17.2 Å². The number of benzene rings is 2. The molecule has 2 aromatic carbocycles. The molecule has 144 valence electrons. The fourth-order valence-corrected chi connectivity index (χ4v) is 2.77. The Hall–Kier alpha value is -3.61. The summed E-state index contributed by atoms with van der Waals surface area (Å²) in [6, 6.07) is 15.3. The maximum atomic E-state index is 12.6. The molecule has 1 aromatic heterocycles. The molecular formula is C21H24N6O. The van der Waals surface area contributed by atoms with Gasteiger partial charge in [0.2, 0.25) is 0 Å². The number of nitrogens with two attached hydrogens (primary N) is 1. The molecule has 28 heavy (non-hydrogen) atoms. The van der Waals surface area contributed by atoms with Crippen molar-refractivity contribution in [3.63, 3.8) is 0 Å². The average molecular weight is 376 g/mol. The molecule has 0 spiro atoms. The molecule has 1 heterocycles. The Bertz CT molecular complexity index is 1040. The highest BCUT2D eigenvalue weighted by molar-refractivity contribution is 6.06. The van der Waals surface area contributed by atoms with Crippen molar-refractivity contribution in [2.45, 2.75) is 20.8 Å². The molecule has 0 fully saturated rings. The summed E-state index contributed by atoms with van der Waals surface area (Å²) in [4.78, 5) is 15.8. The van der Waals surface area contributed by atoms with Crippen LogP contribution in [0.4, 0.5) is 11.4 Å². The van der Waals surface area contributed by atoms with Crippen LogP contribution >= 0.6 is 0 Å². The fourth-order valence-electron chi connectivity index (χ4n) is 2.77. The van der Waals surface area contributed by atoms with Crippen LogP contribution < -0.4 is 16.4 Å². The number of hydrogen-bond donors (Lipinski definition) is 4. The molecule has 0 radical (unpaired) electrons. The number of amidine groups is 1. The summed E-state index contributed by atoms with van der Waals surface area (Å²) in [7, 11) is 0. The fraction of sp³-hybridized carbons (Fsp3) is 0.190. The third-order valence-electron chi connectivity index (χ3n) is 4.17. The minimum absolute atomic E-state index is 0.192. The summed E-state index contributed by atoms with van der Waals surface area (Å²) in [6.07, 6.45) is 0. The van der Waals surface area contributed by atoms with E-state index in [-0.39, 0.29) is 5.91 Å². The van der Waals surface area contributed by atoms with Crippen molar-refractivity contribution < 1.29 is 4.79 Å². The van der Waals surface area contributed by atoms with Crippen molar-refractivity contribution in [3.05, 3.63) is 59.8 Å². The van der Waals surface area contributed by atoms with Crippen LogP contribution in [0.1, 0.15) is 36.8 Å². The molecule has 0 aliphatic rings. The molecule has 3 rings (SSSR count). The number of rotatable bonds is 6. The molecule has 0 saturated heterocycles. The van der Waals surface area contributed by atoms with Crippen LogP contribution in [0.2, 0.25) is 0 Å². The number of H-pyrrole nitrogens is 1. The van der Waals surface area contributed by atoms with E-state index in [9.17, 15) is 4.79 Å². The van der Waals surface area contributed by atoms with Gasteiger partial charge in [0.25, 0.3) is 5.91 Å². The summed E-state index contributed by atoms with van der Waals surface area (Å²) in [5.74, 6) is 0.210. The summed E-state index contributed by atoms with van der Waals surface area (Å²) in [5.41, 5.74) is 10.3. The third kappa shape index (κ3) is 4.56. The Morgan fingerprint density at radius 3 is 2.43 bits per heavy atom. The van der Waals surface area contributed by atoms with Gasteiger partial charge in [0.05, 0.1) is 5.71 Å². The topological polar surface area (TPSA) is 108 Å². The van der Waals surface area contributed by atoms with Gasteiger partial charge >= 0.3 is 0 Å². The van der Waals surface area contributed by atoms with Gasteiger partial charge in [-0.15, -0.1) is 5.10 Å². The molecular weight excluding hydrogens is 352 g/mol. The molecule has 0 bridgehead atoms. The lowest BCUT2D eigenvalue weighted by molar-refractivity contribution is 0.102. The van der Waals surface area contributed by atoms with Gasteiger partial charge in [0, 0.05) is 28.8 Å². The van der Waals surface area contributed by atoms with Gasteiger partial charge in [0.1, 0.15) is 11.5 Å². The highest BCUT2D eigenvalue weighted by Gasteiger charge is 2.10. The van der Waals surface area contributed by atoms with Gasteiger partial charge in [-0.3, -0.25) is 4.79 Å². The molecule has 0 unspecified atom stereocenters. The van der Waals surface area contributed by atoms with E-state index in [1.165, 1.54) is 0 Å². The van der Waals surface area contributed by atoms with Crippen molar-refractivity contribution in [1.29, 1.82) is 0 Å². The first kappa shape index (κ1) is 19.2. The van der Waals surface area contributed by atoms with E-state index in [2.05, 4.69) is 25.8 Å². The Labute approximate surface area is 163 Å². The van der Waals surface area contributed by atoms with Crippen LogP contribution in [-0.2, 0) is 0 Å². The SMILES string of the molecule is CCNc1ccc2cc(C(=O)Nc3ccc(/C(C)=N/N=C(/C)N)cc3)[nH]c2c1. The van der Waals surface area contributed by atoms with Gasteiger partial charge < -0.3 is 21.4 Å². The van der Waals surface area contributed by atoms with Crippen molar-refractivity contribution >= 4 is 39.7 Å². The minimum Gasteiger partial charge on any atom is -0.386 e. The molecule has 1 amide bonds. The van der Waals surface area contributed by atoms with Crippen molar-refractivity contribution in [2.75, 3.05) is 17.2 Å². The number of fused-ring (bicyclic) bond motifs is 1. The smallest absolute Gasteiger partial charge is 0.272 e. The lowest BCUT2D eigenvalue weighted by Gasteiger charge is -2.05. The second kappa shape index (κ2) is 8.39. The van der Waals surface area contributed by atoms with Gasteiger partial charge in [-0.2, -0.15) is 5.10 Å². The first-order valence-corrected chi connectivity index (χ1v) is 9.09. The Morgan fingerprint density at radius 1 is 1.04 bits per heavy atom. The predicted octanol–water partition coefficient (Wildman–Crippen LogP) is 3.95. The maximum absolute atomic E-state index is 12.6. The molecule has 0 saturated carbocycles. The van der Waals surface area contributed by atoms with E-state index < -0.39 is 0 Å². The highest BCUT2D eigenvalue weighted by Crippen LogP contribution is 2.21. The van der Waals surface area contributed by atoms with Crippen LogP contribution in [0.3, 0.4) is 0 Å². The zero-order valence-electron chi connectivity index (χ0n) is 16.2. The Kier molecular flexibility index (Phi) is 5.74. The number of nitrogens with one attached hydrogen (secondary N) is 3. The molecule has 0 atom stereocenters. The van der Waals surface area contributed by atoms with Crippen molar-refractivity contribution in [1.82, 2.24) is 4.98 Å². The number of anilines is 2. The lowest BCUT2D eigenvalue weighted by atomic mass is 10.1. The summed E-state index contributed by atoms with van der Waals surface area (Å²) in [5, 5.41) is 15.1. The second-order valence-electron chi connectivity index (χ2n) is 6.47. The zero-order valence-corrected chi connectivity index (χ0v) is 16.2. The number of amides is 1. The van der Waals surface area contributed by atoms with Gasteiger partial charge in [-0.05, 0) is 56.7 Å².